The van der Waals surface area contributed by atoms with Gasteiger partial charge in [0.1, 0.15) is 5.82 Å². The molecule has 0 saturated carbocycles. The molecule has 2 aliphatic heterocycles. The summed E-state index contributed by atoms with van der Waals surface area (Å²) in [6.45, 7) is 2.15. The number of aromatic amines is 1. The average Bonchev–Trinajstić information content (AvgIpc) is 2.71. The maximum Gasteiger partial charge on any atom is 0.258 e. The van der Waals surface area contributed by atoms with Crippen molar-refractivity contribution in [3.8, 4) is 0 Å². The van der Waals surface area contributed by atoms with Crippen molar-refractivity contribution >= 4 is 52.5 Å². The third kappa shape index (κ3) is 3.93. The second-order valence-electron chi connectivity index (χ2n) is 6.65. The normalized spacial score (nSPS) is 18.8. The molecule has 3 heterocycles. The lowest BCUT2D eigenvalue weighted by Gasteiger charge is -2.29. The first kappa shape index (κ1) is 19.7. The van der Waals surface area contributed by atoms with Crippen molar-refractivity contribution in [3.05, 3.63) is 44.2 Å². The third-order valence-corrected chi connectivity index (χ3v) is 5.59. The number of anilines is 3. The summed E-state index contributed by atoms with van der Waals surface area (Å²) in [5.41, 5.74) is -0.0721. The zero-order chi connectivity index (χ0) is 20.5. The smallest absolute Gasteiger partial charge is 0.258 e. The first-order valence-corrected chi connectivity index (χ1v) is 9.71. The van der Waals surface area contributed by atoms with Crippen molar-refractivity contribution in [3.63, 3.8) is 0 Å². The second kappa shape index (κ2) is 8.02. The van der Waals surface area contributed by atoms with Crippen molar-refractivity contribution in [1.82, 2.24) is 9.97 Å². The van der Waals surface area contributed by atoms with E-state index in [-0.39, 0.29) is 27.8 Å². The van der Waals surface area contributed by atoms with Crippen LogP contribution >= 0.6 is 23.2 Å². The van der Waals surface area contributed by atoms with E-state index in [9.17, 15) is 14.4 Å². The number of hydrogen-bond donors (Lipinski definition) is 3. The number of carbonyl (C=O) groups excluding carboxylic acids is 2. The van der Waals surface area contributed by atoms with Gasteiger partial charge in [0.25, 0.3) is 5.56 Å². The molecule has 9 nitrogen and oxygen atoms in total. The van der Waals surface area contributed by atoms with Crippen molar-refractivity contribution in [2.45, 2.75) is 12.3 Å². The summed E-state index contributed by atoms with van der Waals surface area (Å²) < 4.78 is 5.30. The van der Waals surface area contributed by atoms with Gasteiger partial charge in [-0.05, 0) is 12.1 Å². The van der Waals surface area contributed by atoms with E-state index in [2.05, 4.69) is 20.6 Å². The second-order valence-corrected chi connectivity index (χ2v) is 7.43. The molecule has 11 heteroatoms. The number of fused-ring (bicyclic) bond motifs is 1. The molecule has 29 heavy (non-hydrogen) atoms. The van der Waals surface area contributed by atoms with Crippen LogP contribution in [0.3, 0.4) is 0 Å². The Labute approximate surface area is 175 Å². The predicted octanol–water partition coefficient (Wildman–Crippen LogP) is 1.98. The molecule has 1 aromatic heterocycles. The molecule has 1 saturated heterocycles. The summed E-state index contributed by atoms with van der Waals surface area (Å²) >= 11 is 12.1. The molecule has 0 radical (unpaired) electrons. The maximum absolute atomic E-state index is 12.9. The largest absolute Gasteiger partial charge is 0.378 e. The highest BCUT2D eigenvalue weighted by molar-refractivity contribution is 6.44. The monoisotopic (exact) mass is 437 g/mol. The lowest BCUT2D eigenvalue weighted by Crippen LogP contribution is -2.41. The van der Waals surface area contributed by atoms with Gasteiger partial charge < -0.3 is 20.3 Å². The molecule has 1 atom stereocenters. The summed E-state index contributed by atoms with van der Waals surface area (Å²) in [4.78, 5) is 46.8. The van der Waals surface area contributed by atoms with E-state index >= 15 is 0 Å². The number of morpholine rings is 1. The van der Waals surface area contributed by atoms with Crippen LogP contribution in [0.1, 0.15) is 17.9 Å². The number of amides is 2. The number of H-pyrrole nitrogens is 1. The summed E-state index contributed by atoms with van der Waals surface area (Å²) in [5, 5.41) is 5.70. The molecular weight excluding hydrogens is 421 g/mol. The Bertz CT molecular complexity index is 1040. The number of halogens is 2. The summed E-state index contributed by atoms with van der Waals surface area (Å²) in [5.74, 6) is -1.54. The van der Waals surface area contributed by atoms with Gasteiger partial charge >= 0.3 is 0 Å². The van der Waals surface area contributed by atoms with Crippen LogP contribution in [0.15, 0.2) is 23.0 Å². The maximum atomic E-state index is 12.9. The average molecular weight is 438 g/mol. The Kier molecular flexibility index (Phi) is 5.44. The van der Waals surface area contributed by atoms with Gasteiger partial charge in [0.05, 0.1) is 40.4 Å². The number of ether oxygens (including phenoxy) is 1. The molecule has 0 aliphatic carbocycles. The number of aromatic nitrogens is 2. The summed E-state index contributed by atoms with van der Waals surface area (Å²) in [6, 6.07) is 4.80. The Morgan fingerprint density at radius 3 is 2.76 bits per heavy atom. The minimum absolute atomic E-state index is 0.0869. The highest BCUT2D eigenvalue weighted by Gasteiger charge is 2.35. The van der Waals surface area contributed by atoms with Crippen LogP contribution in [0.25, 0.3) is 0 Å². The first-order valence-electron chi connectivity index (χ1n) is 8.95. The molecular formula is C18H17Cl2N5O4. The molecule has 2 aliphatic rings. The minimum Gasteiger partial charge on any atom is -0.378 e. The Morgan fingerprint density at radius 1 is 1.24 bits per heavy atom. The van der Waals surface area contributed by atoms with Gasteiger partial charge in [-0.2, -0.15) is 4.98 Å². The lowest BCUT2D eigenvalue weighted by atomic mass is 9.92. The fourth-order valence-electron chi connectivity index (χ4n) is 3.33. The van der Waals surface area contributed by atoms with Gasteiger partial charge in [0.15, 0.2) is 0 Å². The highest BCUT2D eigenvalue weighted by atomic mass is 35.5. The van der Waals surface area contributed by atoms with E-state index in [1.54, 1.807) is 18.2 Å². The molecule has 4 rings (SSSR count). The van der Waals surface area contributed by atoms with E-state index in [1.165, 1.54) is 0 Å². The Morgan fingerprint density at radius 2 is 2.00 bits per heavy atom. The van der Waals surface area contributed by atoms with Crippen LogP contribution in [-0.2, 0) is 14.3 Å². The van der Waals surface area contributed by atoms with Crippen molar-refractivity contribution in [1.29, 1.82) is 0 Å². The Balaban J connectivity index is 1.66. The Hall–Kier alpha value is -2.62. The molecule has 2 amide bonds. The van der Waals surface area contributed by atoms with E-state index in [0.717, 1.165) is 0 Å². The lowest BCUT2D eigenvalue weighted by molar-refractivity contribution is -0.123. The van der Waals surface area contributed by atoms with Gasteiger partial charge in [-0.25, -0.2) is 0 Å². The summed E-state index contributed by atoms with van der Waals surface area (Å²) in [7, 11) is 0. The number of rotatable bonds is 3. The van der Waals surface area contributed by atoms with Gasteiger partial charge in [0, 0.05) is 19.5 Å². The molecule has 152 valence electrons. The van der Waals surface area contributed by atoms with E-state index < -0.39 is 23.3 Å². The van der Waals surface area contributed by atoms with Crippen LogP contribution in [0.4, 0.5) is 17.5 Å². The topological polar surface area (TPSA) is 116 Å². The summed E-state index contributed by atoms with van der Waals surface area (Å²) in [6.07, 6.45) is -0.182. The first-order chi connectivity index (χ1) is 13.9. The zero-order valence-electron chi connectivity index (χ0n) is 15.1. The molecule has 1 aromatic carbocycles. The van der Waals surface area contributed by atoms with Crippen LogP contribution in [-0.4, -0.2) is 48.1 Å². The SMILES string of the molecule is O=C1C[C@H](C(=O)Nc2cccc(Cl)c2Cl)c2c(nc(N3CCOCC3)[nH]c2=O)N1. The standard InChI is InChI=1S/C18H17Cl2N5O4/c19-10-2-1-3-11(14(10)20)21-16(27)9-8-12(26)22-15-13(9)17(28)24-18(23-15)25-4-6-29-7-5-25/h1-3,9H,4-8H2,(H,21,27)(H2,22,23,24,26,28)/t9-/m0/s1. The quantitative estimate of drug-likeness (QED) is 0.675. The number of carbonyl (C=O) groups is 2. The fraction of sp³-hybridized carbons (Fsp3) is 0.333. The van der Waals surface area contributed by atoms with Crippen LogP contribution in [0.5, 0.6) is 0 Å². The van der Waals surface area contributed by atoms with Crippen molar-refractivity contribution < 1.29 is 14.3 Å². The molecule has 2 aromatic rings. The molecule has 0 spiro atoms. The number of nitrogens with one attached hydrogen (secondary N) is 3. The van der Waals surface area contributed by atoms with Gasteiger partial charge in [-0.1, -0.05) is 29.3 Å². The molecule has 3 N–H and O–H groups in total. The minimum atomic E-state index is -1.01. The number of benzene rings is 1. The fourth-order valence-corrected chi connectivity index (χ4v) is 3.68. The molecule has 1 fully saturated rings. The van der Waals surface area contributed by atoms with Crippen molar-refractivity contribution in [2.24, 2.45) is 0 Å². The molecule has 0 unspecified atom stereocenters. The number of hydrogen-bond acceptors (Lipinski definition) is 6. The van der Waals surface area contributed by atoms with Crippen LogP contribution in [0, 0.1) is 0 Å². The number of nitrogens with zero attached hydrogens (tertiary/aromatic N) is 2. The van der Waals surface area contributed by atoms with Gasteiger partial charge in [-0.15, -0.1) is 0 Å². The van der Waals surface area contributed by atoms with Crippen LogP contribution < -0.4 is 21.1 Å². The van der Waals surface area contributed by atoms with E-state index in [0.29, 0.717) is 37.9 Å². The van der Waals surface area contributed by atoms with Gasteiger partial charge in [0.2, 0.25) is 17.8 Å². The highest BCUT2D eigenvalue weighted by Crippen LogP contribution is 2.33. The predicted molar refractivity (Wildman–Crippen MR) is 109 cm³/mol. The van der Waals surface area contributed by atoms with Gasteiger partial charge in [-0.3, -0.25) is 19.4 Å². The van der Waals surface area contributed by atoms with E-state index in [1.807, 2.05) is 4.90 Å². The molecule has 0 bridgehead atoms. The van der Waals surface area contributed by atoms with Crippen molar-refractivity contribution in [2.75, 3.05) is 41.8 Å². The van der Waals surface area contributed by atoms with Crippen LogP contribution in [0.2, 0.25) is 10.0 Å². The zero-order valence-corrected chi connectivity index (χ0v) is 16.6. The van der Waals surface area contributed by atoms with E-state index in [4.69, 9.17) is 27.9 Å². The third-order valence-electron chi connectivity index (χ3n) is 4.78.